The lowest BCUT2D eigenvalue weighted by Gasteiger charge is -2.17. The van der Waals surface area contributed by atoms with Gasteiger partial charge in [0.25, 0.3) is 0 Å². The zero-order valence-electron chi connectivity index (χ0n) is 23.6. The summed E-state index contributed by atoms with van der Waals surface area (Å²) in [6.45, 7) is 6.41. The first-order valence-electron chi connectivity index (χ1n) is 13.6. The van der Waals surface area contributed by atoms with Gasteiger partial charge in [0.05, 0.1) is 24.0 Å². The number of nitrogens with two attached hydrogens (primary N) is 1. The topological polar surface area (TPSA) is 131 Å². The first kappa shape index (κ1) is 29.6. The number of benzene rings is 2. The van der Waals surface area contributed by atoms with Crippen LogP contribution in [0.5, 0.6) is 0 Å². The third-order valence-electron chi connectivity index (χ3n) is 7.02. The molecule has 1 fully saturated rings. The fraction of sp³-hybridized carbons (Fsp3) is 0.312. The van der Waals surface area contributed by atoms with Gasteiger partial charge in [-0.1, -0.05) is 54.6 Å². The van der Waals surface area contributed by atoms with Gasteiger partial charge >= 0.3 is 0 Å². The number of aromatic nitrogens is 2. The van der Waals surface area contributed by atoms with Crippen LogP contribution in [0.2, 0.25) is 5.02 Å². The van der Waals surface area contributed by atoms with Gasteiger partial charge in [0.15, 0.2) is 5.79 Å². The Balaban J connectivity index is 1.39. The van der Waals surface area contributed by atoms with Crippen molar-refractivity contribution in [3.63, 3.8) is 0 Å². The number of oxazole rings is 1. The third-order valence-corrected chi connectivity index (χ3v) is 8.26. The van der Waals surface area contributed by atoms with Gasteiger partial charge < -0.3 is 19.6 Å². The van der Waals surface area contributed by atoms with Gasteiger partial charge in [0.1, 0.15) is 34.3 Å². The van der Waals surface area contributed by atoms with E-state index >= 15 is 0 Å². The van der Waals surface area contributed by atoms with E-state index in [1.165, 1.54) is 11.8 Å². The Labute approximate surface area is 254 Å². The third kappa shape index (κ3) is 6.46. The molecule has 3 heterocycles. The number of aryl methyl sites for hydroxylation is 2. The van der Waals surface area contributed by atoms with E-state index in [-0.39, 0.29) is 17.5 Å². The summed E-state index contributed by atoms with van der Waals surface area (Å²) >= 11 is 7.37. The van der Waals surface area contributed by atoms with Crippen LogP contribution in [0.4, 0.5) is 5.82 Å². The van der Waals surface area contributed by atoms with Crippen LogP contribution in [0.3, 0.4) is 0 Å². The molecule has 10 heteroatoms. The summed E-state index contributed by atoms with van der Waals surface area (Å²) in [4.78, 5) is 9.16. The molecular weight excluding hydrogens is 570 g/mol. The van der Waals surface area contributed by atoms with E-state index in [2.05, 4.69) is 17.1 Å². The van der Waals surface area contributed by atoms with E-state index in [0.717, 1.165) is 41.0 Å². The van der Waals surface area contributed by atoms with Gasteiger partial charge in [-0.2, -0.15) is 10.5 Å². The fourth-order valence-electron chi connectivity index (χ4n) is 4.89. The molecule has 1 aliphatic rings. The maximum atomic E-state index is 10.2. The lowest BCUT2D eigenvalue weighted by molar-refractivity contribution is -0.138. The lowest BCUT2D eigenvalue weighted by Crippen LogP contribution is -2.21. The van der Waals surface area contributed by atoms with Crippen LogP contribution >= 0.6 is 23.4 Å². The number of ether oxygens (including phenoxy) is 2. The van der Waals surface area contributed by atoms with E-state index < -0.39 is 5.79 Å². The van der Waals surface area contributed by atoms with Gasteiger partial charge in [0.2, 0.25) is 5.89 Å². The largest absolute Gasteiger partial charge is 0.441 e. The number of hydrogen-bond donors (Lipinski definition) is 1. The first-order chi connectivity index (χ1) is 20.2. The number of anilines is 1. The molecule has 0 radical (unpaired) electrons. The van der Waals surface area contributed by atoms with Crippen LogP contribution in [0.25, 0.3) is 22.6 Å². The molecular formula is C32H30ClN5O3S. The number of halogens is 1. The van der Waals surface area contributed by atoms with Crippen LogP contribution in [0.1, 0.15) is 55.3 Å². The van der Waals surface area contributed by atoms with Crippen molar-refractivity contribution in [2.45, 2.75) is 62.7 Å². The highest BCUT2D eigenvalue weighted by molar-refractivity contribution is 7.98. The minimum Gasteiger partial charge on any atom is -0.441 e. The van der Waals surface area contributed by atoms with E-state index in [4.69, 9.17) is 36.2 Å². The predicted octanol–water partition coefficient (Wildman–Crippen LogP) is 7.32. The molecule has 0 saturated carbocycles. The molecule has 0 spiro atoms. The number of pyridine rings is 1. The Hall–Kier alpha value is -3.86. The van der Waals surface area contributed by atoms with Gasteiger partial charge in [-0.3, -0.25) is 0 Å². The molecule has 2 N–H and O–H groups in total. The lowest BCUT2D eigenvalue weighted by atomic mass is 9.95. The average Bonchev–Trinajstić information content (AvgIpc) is 3.57. The maximum absolute atomic E-state index is 10.2. The van der Waals surface area contributed by atoms with E-state index in [9.17, 15) is 10.5 Å². The van der Waals surface area contributed by atoms with Crippen molar-refractivity contribution in [2.24, 2.45) is 0 Å². The maximum Gasteiger partial charge on any atom is 0.226 e. The minimum atomic E-state index is -0.544. The van der Waals surface area contributed by atoms with E-state index in [1.54, 1.807) is 12.1 Å². The highest BCUT2D eigenvalue weighted by atomic mass is 35.5. The summed E-state index contributed by atoms with van der Waals surface area (Å²) in [5.41, 5.74) is 10.6. The summed E-state index contributed by atoms with van der Waals surface area (Å²) < 4.78 is 17.6. The molecule has 0 amide bonds. The molecule has 2 aromatic carbocycles. The highest BCUT2D eigenvalue weighted by Gasteiger charge is 2.32. The molecule has 42 heavy (non-hydrogen) atoms. The zero-order chi connectivity index (χ0) is 29.9. The van der Waals surface area contributed by atoms with Gasteiger partial charge in [-0.15, -0.1) is 0 Å². The monoisotopic (exact) mass is 599 g/mol. The van der Waals surface area contributed by atoms with Gasteiger partial charge in [-0.25, -0.2) is 9.97 Å². The highest BCUT2D eigenvalue weighted by Crippen LogP contribution is 2.37. The number of hydrogen-bond acceptors (Lipinski definition) is 9. The van der Waals surface area contributed by atoms with Crippen molar-refractivity contribution >= 4 is 29.2 Å². The Morgan fingerprint density at radius 1 is 1.02 bits per heavy atom. The second kappa shape index (κ2) is 12.6. The minimum absolute atomic E-state index is 0.0508. The summed E-state index contributed by atoms with van der Waals surface area (Å²) in [6.07, 6.45) is 2.35. The van der Waals surface area contributed by atoms with E-state index in [1.807, 2.05) is 57.2 Å². The fourth-order valence-corrected chi connectivity index (χ4v) is 5.97. The smallest absolute Gasteiger partial charge is 0.226 e. The number of thioether (sulfide) groups is 1. The molecule has 0 unspecified atom stereocenters. The van der Waals surface area contributed by atoms with Crippen LogP contribution < -0.4 is 5.73 Å². The summed E-state index contributed by atoms with van der Waals surface area (Å²) in [5.74, 6) is 1.20. The molecule has 4 aromatic rings. The van der Waals surface area contributed by atoms with Gasteiger partial charge in [-0.05, 0) is 62.1 Å². The molecule has 1 aliphatic heterocycles. The van der Waals surface area contributed by atoms with Crippen molar-refractivity contribution in [1.82, 2.24) is 9.97 Å². The Morgan fingerprint density at radius 2 is 1.71 bits per heavy atom. The SMILES string of the molecule is CCc1oc(-c2ccc(Cl)cc2)nc1CSc1nc(N)c(C#N)c(-c2ccc(CC[C@@H]3COC(C)(C)O3)cc2)c1C#N. The van der Waals surface area contributed by atoms with Crippen molar-refractivity contribution in [3.05, 3.63) is 81.7 Å². The van der Waals surface area contributed by atoms with E-state index in [0.29, 0.717) is 45.8 Å². The summed E-state index contributed by atoms with van der Waals surface area (Å²) in [7, 11) is 0. The van der Waals surface area contributed by atoms with Crippen molar-refractivity contribution < 1.29 is 13.9 Å². The predicted molar refractivity (Wildman–Crippen MR) is 163 cm³/mol. The normalized spacial score (nSPS) is 15.8. The van der Waals surface area contributed by atoms with Crippen LogP contribution in [0.15, 0.2) is 58.0 Å². The van der Waals surface area contributed by atoms with Crippen LogP contribution in [0, 0.1) is 22.7 Å². The Bertz CT molecular complexity index is 1670. The quantitative estimate of drug-likeness (QED) is 0.196. The molecule has 214 valence electrons. The summed E-state index contributed by atoms with van der Waals surface area (Å²) in [6, 6.07) is 19.6. The second-order valence-electron chi connectivity index (χ2n) is 10.4. The Kier molecular flexibility index (Phi) is 8.86. The molecule has 0 aliphatic carbocycles. The number of nitrogen functional groups attached to an aromatic ring is 1. The zero-order valence-corrected chi connectivity index (χ0v) is 25.2. The van der Waals surface area contributed by atoms with Crippen molar-refractivity contribution in [2.75, 3.05) is 12.3 Å². The Morgan fingerprint density at radius 3 is 2.33 bits per heavy atom. The standard InChI is InChI=1S/C32H30ClN5O3S/c1-4-27-26(37-30(40-27)21-10-12-22(33)13-11-21)18-42-31-25(16-35)28(24(15-34)29(36)38-31)20-8-5-19(6-9-20)7-14-23-17-39-32(2,3)41-23/h5-6,8-13,23H,4,7,14,17-18H2,1-3H3,(H2,36,38)/t23-/m1/s1. The average molecular weight is 600 g/mol. The van der Waals surface area contributed by atoms with Crippen molar-refractivity contribution in [1.29, 1.82) is 10.5 Å². The van der Waals surface area contributed by atoms with Gasteiger partial charge in [0, 0.05) is 28.3 Å². The number of nitriles is 2. The molecule has 8 nitrogen and oxygen atoms in total. The first-order valence-corrected chi connectivity index (χ1v) is 15.0. The summed E-state index contributed by atoms with van der Waals surface area (Å²) in [5, 5.41) is 21.2. The molecule has 5 rings (SSSR count). The van der Waals surface area contributed by atoms with Crippen molar-refractivity contribution in [3.8, 4) is 34.7 Å². The molecule has 1 saturated heterocycles. The number of nitrogens with zero attached hydrogens (tertiary/aromatic N) is 4. The number of rotatable bonds is 9. The molecule has 2 aromatic heterocycles. The second-order valence-corrected chi connectivity index (χ2v) is 11.8. The van der Waals surface area contributed by atoms with Crippen LogP contribution in [-0.4, -0.2) is 28.5 Å². The molecule has 0 bridgehead atoms. The van der Waals surface area contributed by atoms with Crippen LogP contribution in [-0.2, 0) is 28.1 Å². The molecule has 1 atom stereocenters.